The molecule has 7 nitrogen and oxygen atoms in total. The first-order valence-electron chi connectivity index (χ1n) is 7.26. The second-order valence-corrected chi connectivity index (χ2v) is 5.25. The van der Waals surface area contributed by atoms with Gasteiger partial charge in [-0.15, -0.1) is 0 Å². The van der Waals surface area contributed by atoms with Crippen molar-refractivity contribution in [2.45, 2.75) is 24.5 Å². The third kappa shape index (κ3) is 5.85. The molecule has 0 aromatic heterocycles. The van der Waals surface area contributed by atoms with Crippen molar-refractivity contribution in [1.82, 2.24) is 10.6 Å². The van der Waals surface area contributed by atoms with Gasteiger partial charge in [-0.3, -0.25) is 19.7 Å². The Balaban J connectivity index is 0.00000288. The van der Waals surface area contributed by atoms with E-state index < -0.39 is 30.0 Å². The number of benzene rings is 1. The van der Waals surface area contributed by atoms with E-state index in [2.05, 4.69) is 10.6 Å². The maximum absolute atomic E-state index is 12.2. The molecule has 1 radical (unpaired) electrons. The van der Waals surface area contributed by atoms with Gasteiger partial charge in [-0.25, -0.2) is 0 Å². The van der Waals surface area contributed by atoms with Crippen LogP contribution in [0.1, 0.15) is 5.56 Å². The predicted molar refractivity (Wildman–Crippen MR) is 89.4 cm³/mol. The number of hydrogen-bond acceptors (Lipinski definition) is 5. The van der Waals surface area contributed by atoms with Crippen LogP contribution in [0.2, 0.25) is 0 Å². The molecule has 1 aliphatic heterocycles. The van der Waals surface area contributed by atoms with Gasteiger partial charge < -0.3 is 16.2 Å². The molecule has 1 amide bonds. The number of amides is 1. The summed E-state index contributed by atoms with van der Waals surface area (Å²) in [6.07, 6.45) is 3.18. The molecule has 0 bridgehead atoms. The van der Waals surface area contributed by atoms with Crippen molar-refractivity contribution in [2.24, 2.45) is 5.73 Å². The van der Waals surface area contributed by atoms with Crippen LogP contribution in [0.25, 0.3) is 0 Å². The minimum Gasteiger partial charge on any atom is -0.480 e. The topological polar surface area (TPSA) is 131 Å². The Hall–Kier alpha value is -1.51. The van der Waals surface area contributed by atoms with Gasteiger partial charge >= 0.3 is 5.97 Å². The smallest absolute Gasteiger partial charge is 0.322 e. The van der Waals surface area contributed by atoms with Gasteiger partial charge in [-0.2, -0.15) is 0 Å². The van der Waals surface area contributed by atoms with Crippen LogP contribution >= 0.6 is 0 Å². The Morgan fingerprint density at radius 1 is 1.25 bits per heavy atom. The van der Waals surface area contributed by atoms with Crippen LogP contribution in [0.5, 0.6) is 0 Å². The van der Waals surface area contributed by atoms with E-state index in [0.717, 1.165) is 5.56 Å². The van der Waals surface area contributed by atoms with Crippen molar-refractivity contribution in [1.29, 1.82) is 0 Å². The van der Waals surface area contributed by atoms with E-state index >= 15 is 0 Å². The van der Waals surface area contributed by atoms with E-state index in [1.165, 1.54) is 12.2 Å². The van der Waals surface area contributed by atoms with Crippen molar-refractivity contribution in [3.05, 3.63) is 48.0 Å². The third-order valence-corrected chi connectivity index (χ3v) is 3.49. The summed E-state index contributed by atoms with van der Waals surface area (Å²) in [5, 5.41) is 14.0. The molecule has 1 heterocycles. The summed E-state index contributed by atoms with van der Waals surface area (Å²) in [6, 6.07) is 6.82. The number of carboxylic acids is 1. The largest absolute Gasteiger partial charge is 0.480 e. The molecule has 0 aliphatic carbocycles. The molecule has 3 atom stereocenters. The van der Waals surface area contributed by atoms with Crippen LogP contribution in [-0.4, -0.2) is 77.0 Å². The Morgan fingerprint density at radius 3 is 2.46 bits per heavy atom. The molecule has 1 aromatic rings. The molecular formula is C16H19N3NaO4. The van der Waals surface area contributed by atoms with Gasteiger partial charge in [0.05, 0.1) is 6.04 Å². The van der Waals surface area contributed by atoms with Crippen LogP contribution < -0.4 is 16.4 Å². The standard InChI is InChI=1S/C16H19N3O4.Na/c17-8-4-7-12(20)11(9-10-5-2-1-3-6-10)18-15(21)13-14(19-13)16(22)23;/h1-7,11,13-14,19H,8-9,17H2,(H,18,21)(H,22,23);/t11-,13-,14-;/m0./s1. The number of rotatable bonds is 8. The average Bonchev–Trinajstić information content (AvgIpc) is 3.34. The van der Waals surface area contributed by atoms with E-state index in [1.54, 1.807) is 0 Å². The number of carboxylic acid groups (broad SMARTS) is 1. The second-order valence-electron chi connectivity index (χ2n) is 5.25. The number of ketones is 1. The summed E-state index contributed by atoms with van der Waals surface area (Å²) >= 11 is 0. The minimum atomic E-state index is -1.08. The van der Waals surface area contributed by atoms with E-state index in [-0.39, 0.29) is 41.9 Å². The predicted octanol–water partition coefficient (Wildman–Crippen LogP) is -1.16. The molecule has 1 aliphatic rings. The fourth-order valence-electron chi connectivity index (χ4n) is 2.21. The number of carbonyl (C=O) groups excluding carboxylic acids is 2. The van der Waals surface area contributed by atoms with Crippen LogP contribution in [-0.2, 0) is 20.8 Å². The van der Waals surface area contributed by atoms with Crippen LogP contribution in [0.4, 0.5) is 0 Å². The number of aliphatic carboxylic acids is 1. The fraction of sp³-hybridized carbons (Fsp3) is 0.312. The zero-order valence-corrected chi connectivity index (χ0v) is 15.4. The first-order chi connectivity index (χ1) is 11.0. The maximum Gasteiger partial charge on any atom is 0.322 e. The van der Waals surface area contributed by atoms with Gasteiger partial charge in [-0.05, 0) is 11.6 Å². The Kier molecular flexibility index (Phi) is 8.30. The van der Waals surface area contributed by atoms with Crippen LogP contribution in [0.15, 0.2) is 42.5 Å². The molecule has 0 saturated carbocycles. The van der Waals surface area contributed by atoms with Crippen LogP contribution in [0.3, 0.4) is 0 Å². The summed E-state index contributed by atoms with van der Waals surface area (Å²) < 4.78 is 0. The minimum absolute atomic E-state index is 0. The SMILES string of the molecule is NCC=CC(=O)[C@H](Cc1ccccc1)NC(=O)[C@H]1N[C@@H]1C(=O)O.[Na]. The summed E-state index contributed by atoms with van der Waals surface area (Å²) in [4.78, 5) is 35.1. The number of hydrogen-bond donors (Lipinski definition) is 4. The summed E-state index contributed by atoms with van der Waals surface area (Å²) in [6.45, 7) is 0.225. The normalized spacial score (nSPS) is 20.0. The summed E-state index contributed by atoms with van der Waals surface area (Å²) in [5.74, 6) is -1.85. The van der Waals surface area contributed by atoms with E-state index in [1.807, 2.05) is 30.3 Å². The van der Waals surface area contributed by atoms with E-state index in [0.29, 0.717) is 6.42 Å². The summed E-state index contributed by atoms with van der Waals surface area (Å²) in [5.41, 5.74) is 6.23. The zero-order valence-electron chi connectivity index (χ0n) is 13.4. The average molecular weight is 340 g/mol. The molecular weight excluding hydrogens is 321 g/mol. The second kappa shape index (κ2) is 9.71. The Morgan fingerprint density at radius 2 is 1.92 bits per heavy atom. The van der Waals surface area contributed by atoms with Crippen molar-refractivity contribution < 1.29 is 19.5 Å². The first-order valence-corrected chi connectivity index (χ1v) is 7.26. The van der Waals surface area contributed by atoms with Gasteiger partial charge in [0.15, 0.2) is 5.78 Å². The van der Waals surface area contributed by atoms with Gasteiger partial charge in [-0.1, -0.05) is 36.4 Å². The van der Waals surface area contributed by atoms with Crippen molar-refractivity contribution in [2.75, 3.05) is 6.54 Å². The molecule has 24 heavy (non-hydrogen) atoms. The molecule has 1 aromatic carbocycles. The third-order valence-electron chi connectivity index (χ3n) is 3.49. The van der Waals surface area contributed by atoms with Crippen LogP contribution in [0, 0.1) is 0 Å². The number of carbonyl (C=O) groups is 3. The molecule has 1 saturated heterocycles. The first kappa shape index (κ1) is 20.5. The van der Waals surface area contributed by atoms with E-state index in [4.69, 9.17) is 10.8 Å². The number of nitrogens with two attached hydrogens (primary N) is 1. The molecule has 123 valence electrons. The molecule has 8 heteroatoms. The zero-order chi connectivity index (χ0) is 16.8. The molecule has 1 fully saturated rings. The van der Waals surface area contributed by atoms with Gasteiger partial charge in [0.1, 0.15) is 12.1 Å². The molecule has 0 unspecified atom stereocenters. The van der Waals surface area contributed by atoms with Crippen molar-refractivity contribution in [3.8, 4) is 0 Å². The fourth-order valence-corrected chi connectivity index (χ4v) is 2.21. The Labute approximate surface area is 162 Å². The molecule has 5 N–H and O–H groups in total. The monoisotopic (exact) mass is 340 g/mol. The molecule has 2 rings (SSSR count). The maximum atomic E-state index is 12.2. The van der Waals surface area contributed by atoms with Crippen molar-refractivity contribution >= 4 is 47.2 Å². The Bertz CT molecular complexity index is 621. The van der Waals surface area contributed by atoms with Crippen molar-refractivity contribution in [3.63, 3.8) is 0 Å². The molecule has 0 spiro atoms. The quantitative estimate of drug-likeness (QED) is 0.268. The van der Waals surface area contributed by atoms with Gasteiger partial charge in [0.25, 0.3) is 0 Å². The summed E-state index contributed by atoms with van der Waals surface area (Å²) in [7, 11) is 0. The van der Waals surface area contributed by atoms with E-state index in [9.17, 15) is 14.4 Å². The van der Waals surface area contributed by atoms with Gasteiger partial charge in [0, 0.05) is 42.5 Å². The number of nitrogens with one attached hydrogen (secondary N) is 2. The van der Waals surface area contributed by atoms with Gasteiger partial charge in [0.2, 0.25) is 5.91 Å².